The van der Waals surface area contributed by atoms with E-state index in [-0.39, 0.29) is 0 Å². The van der Waals surface area contributed by atoms with Gasteiger partial charge in [-0.15, -0.1) is 0 Å². The minimum atomic E-state index is -0.905. The Kier molecular flexibility index (Phi) is 5.54. The Morgan fingerprint density at radius 1 is 1.53 bits per heavy atom. The summed E-state index contributed by atoms with van der Waals surface area (Å²) in [6.07, 6.45) is 2.21. The summed E-state index contributed by atoms with van der Waals surface area (Å²) in [5.74, 6) is 1.07. The van der Waals surface area contributed by atoms with Crippen molar-refractivity contribution < 1.29 is 9.90 Å². The van der Waals surface area contributed by atoms with Crippen molar-refractivity contribution in [3.05, 3.63) is 11.9 Å². The highest BCUT2D eigenvalue weighted by atomic mass is 16.4. The van der Waals surface area contributed by atoms with Gasteiger partial charge in [0.1, 0.15) is 23.5 Å². The summed E-state index contributed by atoms with van der Waals surface area (Å²) < 4.78 is 0. The monoisotopic (exact) mass is 266 g/mol. The predicted molar refractivity (Wildman–Crippen MR) is 75.7 cm³/mol. The standard InChI is InChI=1S/C13H22N4O2/c1-5-6-7-17(4)12-8-11(15-10(3)16-12)14-9(2)13(18)19/h8-9H,5-7H2,1-4H3,(H,18,19)(H,14,15,16). The number of aryl methyl sites for hydroxylation is 1. The Morgan fingerprint density at radius 2 is 2.21 bits per heavy atom. The average Bonchev–Trinajstić information content (AvgIpc) is 2.34. The molecule has 1 unspecified atom stereocenters. The quantitative estimate of drug-likeness (QED) is 0.785. The molecule has 0 aliphatic rings. The lowest BCUT2D eigenvalue weighted by molar-refractivity contribution is -0.137. The molecule has 1 aromatic rings. The molecule has 2 N–H and O–H groups in total. The maximum absolute atomic E-state index is 10.8. The number of carboxylic acid groups (broad SMARTS) is 1. The molecular formula is C13H22N4O2. The van der Waals surface area contributed by atoms with Crippen molar-refractivity contribution in [2.24, 2.45) is 0 Å². The van der Waals surface area contributed by atoms with Crippen LogP contribution in [0.3, 0.4) is 0 Å². The third-order valence-electron chi connectivity index (χ3n) is 2.80. The highest BCUT2D eigenvalue weighted by Gasteiger charge is 2.13. The van der Waals surface area contributed by atoms with E-state index < -0.39 is 12.0 Å². The maximum atomic E-state index is 10.8. The number of anilines is 2. The first kappa shape index (κ1) is 15.2. The minimum Gasteiger partial charge on any atom is -0.480 e. The zero-order valence-corrected chi connectivity index (χ0v) is 12.0. The van der Waals surface area contributed by atoms with Gasteiger partial charge in [0.15, 0.2) is 0 Å². The van der Waals surface area contributed by atoms with Gasteiger partial charge in [-0.1, -0.05) is 13.3 Å². The van der Waals surface area contributed by atoms with E-state index in [1.807, 2.05) is 7.05 Å². The van der Waals surface area contributed by atoms with Crippen LogP contribution in [0.2, 0.25) is 0 Å². The number of hydrogen-bond donors (Lipinski definition) is 2. The molecule has 6 nitrogen and oxygen atoms in total. The molecule has 0 radical (unpaired) electrons. The lowest BCUT2D eigenvalue weighted by atomic mass is 10.3. The molecule has 0 bridgehead atoms. The summed E-state index contributed by atoms with van der Waals surface area (Å²) >= 11 is 0. The summed E-state index contributed by atoms with van der Waals surface area (Å²) in [5, 5.41) is 11.7. The molecule has 0 aliphatic heterocycles. The largest absolute Gasteiger partial charge is 0.480 e. The van der Waals surface area contributed by atoms with Gasteiger partial charge >= 0.3 is 5.97 Å². The summed E-state index contributed by atoms with van der Waals surface area (Å²) in [6, 6.07) is 1.10. The van der Waals surface area contributed by atoms with E-state index in [9.17, 15) is 4.79 Å². The first-order chi connectivity index (χ1) is 8.93. The molecule has 0 spiro atoms. The van der Waals surface area contributed by atoms with Crippen LogP contribution in [0.4, 0.5) is 11.6 Å². The van der Waals surface area contributed by atoms with E-state index in [2.05, 4.69) is 27.1 Å². The fourth-order valence-electron chi connectivity index (χ4n) is 1.61. The van der Waals surface area contributed by atoms with Gasteiger partial charge in [-0.2, -0.15) is 0 Å². The van der Waals surface area contributed by atoms with E-state index in [0.717, 1.165) is 25.2 Å². The van der Waals surface area contributed by atoms with Gasteiger partial charge in [-0.3, -0.25) is 4.79 Å². The van der Waals surface area contributed by atoms with Gasteiger partial charge in [0.2, 0.25) is 0 Å². The molecule has 0 saturated heterocycles. The van der Waals surface area contributed by atoms with Gasteiger partial charge in [-0.25, -0.2) is 9.97 Å². The summed E-state index contributed by atoms with van der Waals surface area (Å²) in [5.41, 5.74) is 0. The molecule has 6 heteroatoms. The van der Waals surface area contributed by atoms with Crippen molar-refractivity contribution in [1.29, 1.82) is 0 Å². The van der Waals surface area contributed by atoms with Crippen LogP contribution in [0, 0.1) is 6.92 Å². The molecule has 0 saturated carbocycles. The Morgan fingerprint density at radius 3 is 2.79 bits per heavy atom. The van der Waals surface area contributed by atoms with E-state index >= 15 is 0 Å². The van der Waals surface area contributed by atoms with Gasteiger partial charge in [0.05, 0.1) is 0 Å². The lowest BCUT2D eigenvalue weighted by Gasteiger charge is -2.19. The third-order valence-corrected chi connectivity index (χ3v) is 2.80. The van der Waals surface area contributed by atoms with E-state index in [1.165, 1.54) is 0 Å². The Hall–Kier alpha value is -1.85. The molecule has 0 fully saturated rings. The normalized spacial score (nSPS) is 12.0. The highest BCUT2D eigenvalue weighted by molar-refractivity contribution is 5.76. The van der Waals surface area contributed by atoms with E-state index in [1.54, 1.807) is 19.9 Å². The fourth-order valence-corrected chi connectivity index (χ4v) is 1.61. The van der Waals surface area contributed by atoms with Gasteiger partial charge in [-0.05, 0) is 20.3 Å². The van der Waals surface area contributed by atoms with Crippen molar-refractivity contribution >= 4 is 17.6 Å². The van der Waals surface area contributed by atoms with Crippen LogP contribution >= 0.6 is 0 Å². The second kappa shape index (κ2) is 6.92. The Labute approximate surface area is 113 Å². The summed E-state index contributed by atoms with van der Waals surface area (Å²) in [7, 11) is 1.97. The van der Waals surface area contributed by atoms with Crippen LogP contribution in [0.1, 0.15) is 32.5 Å². The molecule has 1 rings (SSSR count). The Bertz CT molecular complexity index is 437. The molecule has 19 heavy (non-hydrogen) atoms. The van der Waals surface area contributed by atoms with Gasteiger partial charge in [0, 0.05) is 19.7 Å². The molecule has 1 heterocycles. The smallest absolute Gasteiger partial charge is 0.325 e. The number of carbonyl (C=O) groups is 1. The van der Waals surface area contributed by atoms with Gasteiger partial charge in [0.25, 0.3) is 0 Å². The number of aliphatic carboxylic acids is 1. The first-order valence-corrected chi connectivity index (χ1v) is 6.50. The van der Waals surface area contributed by atoms with Crippen molar-refractivity contribution in [3.63, 3.8) is 0 Å². The Balaban J connectivity index is 2.84. The number of nitrogens with zero attached hydrogens (tertiary/aromatic N) is 3. The van der Waals surface area contributed by atoms with Crippen LogP contribution < -0.4 is 10.2 Å². The fraction of sp³-hybridized carbons (Fsp3) is 0.615. The number of rotatable bonds is 7. The zero-order valence-electron chi connectivity index (χ0n) is 12.0. The van der Waals surface area contributed by atoms with E-state index in [0.29, 0.717) is 11.6 Å². The molecule has 0 aliphatic carbocycles. The number of hydrogen-bond acceptors (Lipinski definition) is 5. The zero-order chi connectivity index (χ0) is 14.4. The van der Waals surface area contributed by atoms with Gasteiger partial charge < -0.3 is 15.3 Å². The van der Waals surface area contributed by atoms with Crippen LogP contribution in [0.5, 0.6) is 0 Å². The predicted octanol–water partition coefficient (Wildman–Crippen LogP) is 1.91. The molecule has 0 aromatic carbocycles. The first-order valence-electron chi connectivity index (χ1n) is 6.50. The highest BCUT2D eigenvalue weighted by Crippen LogP contribution is 2.16. The minimum absolute atomic E-state index is 0.542. The van der Waals surface area contributed by atoms with Crippen LogP contribution in [-0.4, -0.2) is 40.7 Å². The number of aromatic nitrogens is 2. The van der Waals surface area contributed by atoms with Crippen LogP contribution in [-0.2, 0) is 4.79 Å². The average molecular weight is 266 g/mol. The SMILES string of the molecule is CCCCN(C)c1cc(NC(C)C(=O)O)nc(C)n1. The molecule has 1 aromatic heterocycles. The van der Waals surface area contributed by atoms with Crippen molar-refractivity contribution in [2.45, 2.75) is 39.7 Å². The van der Waals surface area contributed by atoms with Crippen LogP contribution in [0.25, 0.3) is 0 Å². The number of nitrogens with one attached hydrogen (secondary N) is 1. The molecular weight excluding hydrogens is 244 g/mol. The van der Waals surface area contributed by atoms with Crippen molar-refractivity contribution in [3.8, 4) is 0 Å². The van der Waals surface area contributed by atoms with Crippen LogP contribution in [0.15, 0.2) is 6.07 Å². The second-order valence-corrected chi connectivity index (χ2v) is 4.64. The summed E-state index contributed by atoms with van der Waals surface area (Å²) in [6.45, 7) is 6.44. The topological polar surface area (TPSA) is 78.4 Å². The number of unbranched alkanes of at least 4 members (excludes halogenated alkanes) is 1. The third kappa shape index (κ3) is 4.73. The summed E-state index contributed by atoms with van der Waals surface area (Å²) in [4.78, 5) is 21.5. The van der Waals surface area contributed by atoms with Crippen molar-refractivity contribution in [1.82, 2.24) is 9.97 Å². The molecule has 106 valence electrons. The molecule has 1 atom stereocenters. The second-order valence-electron chi connectivity index (χ2n) is 4.64. The molecule has 0 amide bonds. The maximum Gasteiger partial charge on any atom is 0.325 e. The number of carboxylic acids is 1. The van der Waals surface area contributed by atoms with Crippen molar-refractivity contribution in [2.75, 3.05) is 23.8 Å². The van der Waals surface area contributed by atoms with E-state index in [4.69, 9.17) is 5.11 Å². The lowest BCUT2D eigenvalue weighted by Crippen LogP contribution is -2.27.